The lowest BCUT2D eigenvalue weighted by molar-refractivity contribution is -0.125. The molecular formula is C20H34N4O3. The maximum absolute atomic E-state index is 11.7. The van der Waals surface area contributed by atoms with Crippen LogP contribution in [0.15, 0.2) is 4.99 Å². The average molecular weight is 379 g/mol. The number of amides is 1. The summed E-state index contributed by atoms with van der Waals surface area (Å²) in [5.74, 6) is 1.57. The molecule has 4 fully saturated rings. The van der Waals surface area contributed by atoms with Gasteiger partial charge >= 0.3 is 6.09 Å². The minimum atomic E-state index is -0.223. The number of ether oxygens (including phenoxy) is 2. The van der Waals surface area contributed by atoms with E-state index in [-0.39, 0.29) is 6.09 Å². The minimum Gasteiger partial charge on any atom is -0.453 e. The van der Waals surface area contributed by atoms with Crippen LogP contribution < -0.4 is 10.6 Å². The lowest BCUT2D eigenvalue weighted by Gasteiger charge is -2.57. The summed E-state index contributed by atoms with van der Waals surface area (Å²) < 4.78 is 10.9. The Balaban J connectivity index is 1.36. The normalized spacial score (nSPS) is 32.9. The van der Waals surface area contributed by atoms with Gasteiger partial charge in [0.1, 0.15) is 0 Å². The van der Waals surface area contributed by atoms with Crippen LogP contribution in [0.4, 0.5) is 4.79 Å². The van der Waals surface area contributed by atoms with E-state index in [1.54, 1.807) is 4.90 Å². The Kier molecular flexibility index (Phi) is 5.48. The van der Waals surface area contributed by atoms with Gasteiger partial charge in [-0.25, -0.2) is 4.79 Å². The number of likely N-dealkylation sites (tertiary alicyclic amines) is 1. The van der Waals surface area contributed by atoms with E-state index in [9.17, 15) is 4.79 Å². The van der Waals surface area contributed by atoms with Crippen LogP contribution in [0.5, 0.6) is 0 Å². The highest BCUT2D eigenvalue weighted by molar-refractivity contribution is 5.81. The van der Waals surface area contributed by atoms with Crippen LogP contribution in [0.25, 0.3) is 0 Å². The predicted octanol–water partition coefficient (Wildman–Crippen LogP) is 2.12. The third kappa shape index (κ3) is 3.39. The van der Waals surface area contributed by atoms with Gasteiger partial charge in [0.25, 0.3) is 0 Å². The molecule has 2 N–H and O–H groups in total. The summed E-state index contributed by atoms with van der Waals surface area (Å²) in [5.41, 5.74) is 0.325. The molecule has 0 aromatic heterocycles. The molecular weight excluding hydrogens is 344 g/mol. The maximum atomic E-state index is 11.7. The Labute approximate surface area is 162 Å². The van der Waals surface area contributed by atoms with Crippen molar-refractivity contribution in [2.45, 2.75) is 70.1 Å². The van der Waals surface area contributed by atoms with Crippen molar-refractivity contribution in [2.75, 3.05) is 33.4 Å². The van der Waals surface area contributed by atoms with Gasteiger partial charge in [-0.2, -0.15) is 0 Å². The number of hydrogen-bond donors (Lipinski definition) is 2. The fraction of sp³-hybridized carbons (Fsp3) is 0.900. The number of nitrogens with one attached hydrogen (secondary N) is 2. The number of carbonyl (C=O) groups is 1. The average Bonchev–Trinajstić information content (AvgIpc) is 3.35. The number of methoxy groups -OCH3 is 1. The SMILES string of the molecule is CCN=C(NC1CCN(C(=O)OC)CC1)NC1C2CCOC2C12CCCC2. The van der Waals surface area contributed by atoms with E-state index in [1.807, 2.05) is 0 Å². The van der Waals surface area contributed by atoms with Gasteiger partial charge in [-0.1, -0.05) is 12.8 Å². The zero-order valence-corrected chi connectivity index (χ0v) is 16.7. The van der Waals surface area contributed by atoms with Gasteiger partial charge in [0.2, 0.25) is 0 Å². The molecule has 152 valence electrons. The Hall–Kier alpha value is -1.50. The molecule has 4 aliphatic rings. The standard InChI is InChI=1S/C20H34N4O3/c1-3-21-18(22-14-6-11-24(12-7-14)19(25)26-2)23-16-15-8-13-27-17(15)20(16)9-4-5-10-20/h14-17H,3-13H2,1-2H3,(H2,21,22,23). The van der Waals surface area contributed by atoms with Crippen LogP contribution in [-0.2, 0) is 9.47 Å². The topological polar surface area (TPSA) is 75.2 Å². The molecule has 4 rings (SSSR count). The Morgan fingerprint density at radius 2 is 1.96 bits per heavy atom. The number of carbonyl (C=O) groups excluding carboxylic acids is 1. The molecule has 0 aromatic rings. The first-order valence-corrected chi connectivity index (χ1v) is 10.7. The molecule has 7 heteroatoms. The fourth-order valence-electron chi connectivity index (χ4n) is 5.87. The number of aliphatic imine (C=N–C) groups is 1. The monoisotopic (exact) mass is 378 g/mol. The van der Waals surface area contributed by atoms with E-state index >= 15 is 0 Å². The molecule has 0 aromatic carbocycles. The van der Waals surface area contributed by atoms with Crippen LogP contribution in [0.3, 0.4) is 0 Å². The van der Waals surface area contributed by atoms with Gasteiger partial charge in [-0.3, -0.25) is 4.99 Å². The number of rotatable bonds is 3. The fourth-order valence-corrected chi connectivity index (χ4v) is 5.87. The Morgan fingerprint density at radius 1 is 1.22 bits per heavy atom. The van der Waals surface area contributed by atoms with Crippen molar-refractivity contribution in [1.82, 2.24) is 15.5 Å². The molecule has 2 saturated carbocycles. The summed E-state index contributed by atoms with van der Waals surface area (Å²) in [6.45, 7) is 5.22. The summed E-state index contributed by atoms with van der Waals surface area (Å²) in [5, 5.41) is 7.44. The van der Waals surface area contributed by atoms with Crippen LogP contribution in [0, 0.1) is 11.3 Å². The smallest absolute Gasteiger partial charge is 0.409 e. The third-order valence-corrected chi connectivity index (χ3v) is 7.16. The quantitative estimate of drug-likeness (QED) is 0.581. The number of piperidine rings is 1. The van der Waals surface area contributed by atoms with Crippen molar-refractivity contribution in [3.63, 3.8) is 0 Å². The number of hydrogen-bond acceptors (Lipinski definition) is 4. The highest BCUT2D eigenvalue weighted by atomic mass is 16.5. The molecule has 2 saturated heterocycles. The van der Waals surface area contributed by atoms with Gasteiger partial charge in [0.05, 0.1) is 13.2 Å². The van der Waals surface area contributed by atoms with Crippen molar-refractivity contribution in [1.29, 1.82) is 0 Å². The van der Waals surface area contributed by atoms with Gasteiger partial charge < -0.3 is 25.0 Å². The zero-order valence-electron chi connectivity index (χ0n) is 16.7. The van der Waals surface area contributed by atoms with Crippen molar-refractivity contribution in [2.24, 2.45) is 16.3 Å². The van der Waals surface area contributed by atoms with Crippen LogP contribution >= 0.6 is 0 Å². The molecule has 3 unspecified atom stereocenters. The van der Waals surface area contributed by atoms with Crippen LogP contribution in [0.1, 0.15) is 51.9 Å². The van der Waals surface area contributed by atoms with E-state index in [1.165, 1.54) is 39.2 Å². The number of fused-ring (bicyclic) bond motifs is 2. The molecule has 1 amide bonds. The maximum Gasteiger partial charge on any atom is 0.409 e. The van der Waals surface area contributed by atoms with E-state index < -0.39 is 0 Å². The second-order valence-corrected chi connectivity index (χ2v) is 8.50. The largest absolute Gasteiger partial charge is 0.453 e. The molecule has 2 aliphatic heterocycles. The summed E-state index contributed by atoms with van der Waals surface area (Å²) in [4.78, 5) is 18.2. The molecule has 27 heavy (non-hydrogen) atoms. The molecule has 0 radical (unpaired) electrons. The summed E-state index contributed by atoms with van der Waals surface area (Å²) in [6, 6.07) is 0.833. The van der Waals surface area contributed by atoms with Crippen molar-refractivity contribution < 1.29 is 14.3 Å². The van der Waals surface area contributed by atoms with Gasteiger partial charge in [-0.05, 0) is 39.0 Å². The molecule has 3 atom stereocenters. The minimum absolute atomic E-state index is 0.223. The first-order chi connectivity index (χ1) is 13.2. The molecule has 0 bridgehead atoms. The number of nitrogens with zero attached hydrogens (tertiary/aromatic N) is 2. The predicted molar refractivity (Wildman–Crippen MR) is 104 cm³/mol. The van der Waals surface area contributed by atoms with E-state index in [0.29, 0.717) is 29.5 Å². The Morgan fingerprint density at radius 3 is 2.63 bits per heavy atom. The summed E-state index contributed by atoms with van der Waals surface area (Å²) in [7, 11) is 1.44. The molecule has 2 heterocycles. The Bertz CT molecular complexity index is 568. The first-order valence-electron chi connectivity index (χ1n) is 10.7. The van der Waals surface area contributed by atoms with Crippen molar-refractivity contribution in [3.8, 4) is 0 Å². The van der Waals surface area contributed by atoms with Gasteiger partial charge in [0.15, 0.2) is 5.96 Å². The van der Waals surface area contributed by atoms with Crippen molar-refractivity contribution in [3.05, 3.63) is 0 Å². The third-order valence-electron chi connectivity index (χ3n) is 7.16. The second kappa shape index (κ2) is 7.86. The summed E-state index contributed by atoms with van der Waals surface area (Å²) >= 11 is 0. The van der Waals surface area contributed by atoms with Gasteiger partial charge in [0, 0.05) is 49.7 Å². The van der Waals surface area contributed by atoms with E-state index in [2.05, 4.69) is 17.6 Å². The molecule has 2 aliphatic carbocycles. The highest BCUT2D eigenvalue weighted by Gasteiger charge is 2.65. The lowest BCUT2D eigenvalue weighted by atomic mass is 9.54. The zero-order chi connectivity index (χ0) is 18.9. The lowest BCUT2D eigenvalue weighted by Crippen LogP contribution is -2.69. The van der Waals surface area contributed by atoms with E-state index in [0.717, 1.165) is 45.0 Å². The van der Waals surface area contributed by atoms with Gasteiger partial charge in [-0.15, -0.1) is 0 Å². The van der Waals surface area contributed by atoms with Crippen LogP contribution in [0.2, 0.25) is 0 Å². The van der Waals surface area contributed by atoms with Crippen molar-refractivity contribution >= 4 is 12.1 Å². The highest BCUT2D eigenvalue weighted by Crippen LogP contribution is 2.60. The van der Waals surface area contributed by atoms with Crippen LogP contribution in [-0.4, -0.2) is 68.5 Å². The van der Waals surface area contributed by atoms with E-state index in [4.69, 9.17) is 14.5 Å². The summed E-state index contributed by atoms with van der Waals surface area (Å²) in [6.07, 6.45) is 8.46. The molecule has 1 spiro atoms. The second-order valence-electron chi connectivity index (χ2n) is 8.50. The first kappa shape index (κ1) is 18.8. The number of guanidine groups is 1. The molecule has 7 nitrogen and oxygen atoms in total.